The predicted molar refractivity (Wildman–Crippen MR) is 90.9 cm³/mol. The van der Waals surface area contributed by atoms with Crippen LogP contribution in [0.5, 0.6) is 0 Å². The van der Waals surface area contributed by atoms with E-state index in [9.17, 15) is 14.9 Å². The molecule has 1 saturated heterocycles. The summed E-state index contributed by atoms with van der Waals surface area (Å²) >= 11 is 0. The standard InChI is InChI=1S/C17H24N4O3/c1-12-9-14(11-20(12)15-5-6-15)19-17(22)18-8-7-13-3-2-4-16(10-13)21(23)24/h2-4,10,12,14-15H,5-9,11H2,1H3,(H2,18,19,22)/t12-,14-/m0/s1. The molecule has 2 aliphatic rings. The van der Waals surface area contributed by atoms with E-state index in [1.807, 2.05) is 6.07 Å². The van der Waals surface area contributed by atoms with Gasteiger partial charge in [0, 0.05) is 43.3 Å². The average Bonchev–Trinajstić information content (AvgIpc) is 3.31. The van der Waals surface area contributed by atoms with Gasteiger partial charge >= 0.3 is 6.03 Å². The first-order valence-corrected chi connectivity index (χ1v) is 8.56. The molecule has 1 heterocycles. The fourth-order valence-electron chi connectivity index (χ4n) is 3.46. The third kappa shape index (κ3) is 4.23. The zero-order valence-electron chi connectivity index (χ0n) is 13.9. The lowest BCUT2D eigenvalue weighted by Gasteiger charge is -2.19. The predicted octanol–water partition coefficient (Wildman–Crippen LogP) is 2.06. The Morgan fingerprint density at radius 1 is 1.42 bits per heavy atom. The number of nitrogens with one attached hydrogen (secondary N) is 2. The molecular formula is C17H24N4O3. The highest BCUT2D eigenvalue weighted by Gasteiger charge is 2.39. The lowest BCUT2D eigenvalue weighted by Crippen LogP contribution is -2.44. The molecule has 2 atom stereocenters. The van der Waals surface area contributed by atoms with Gasteiger partial charge in [0.05, 0.1) is 4.92 Å². The van der Waals surface area contributed by atoms with E-state index in [1.165, 1.54) is 18.9 Å². The molecule has 1 aromatic rings. The molecular weight excluding hydrogens is 308 g/mol. The van der Waals surface area contributed by atoms with Crippen molar-refractivity contribution in [3.63, 3.8) is 0 Å². The van der Waals surface area contributed by atoms with Gasteiger partial charge in [-0.15, -0.1) is 0 Å². The first-order valence-electron chi connectivity index (χ1n) is 8.56. The van der Waals surface area contributed by atoms with Gasteiger partial charge in [-0.3, -0.25) is 15.0 Å². The van der Waals surface area contributed by atoms with Crippen LogP contribution in [0.3, 0.4) is 0 Å². The van der Waals surface area contributed by atoms with Crippen molar-refractivity contribution in [3.05, 3.63) is 39.9 Å². The molecule has 0 bridgehead atoms. The summed E-state index contributed by atoms with van der Waals surface area (Å²) in [5, 5.41) is 16.6. The number of carbonyl (C=O) groups is 1. The highest BCUT2D eigenvalue weighted by Crippen LogP contribution is 2.33. The first-order chi connectivity index (χ1) is 11.5. The lowest BCUT2D eigenvalue weighted by atomic mass is 10.1. The molecule has 7 heteroatoms. The third-order valence-electron chi connectivity index (χ3n) is 4.79. The molecule has 2 fully saturated rings. The molecule has 130 valence electrons. The number of likely N-dealkylation sites (tertiary alicyclic amines) is 1. The van der Waals surface area contributed by atoms with Crippen molar-refractivity contribution in [2.75, 3.05) is 13.1 Å². The molecule has 0 aromatic heterocycles. The Hall–Kier alpha value is -2.15. The highest BCUT2D eigenvalue weighted by atomic mass is 16.6. The van der Waals surface area contributed by atoms with E-state index in [0.29, 0.717) is 19.0 Å². The number of urea groups is 1. The van der Waals surface area contributed by atoms with Gasteiger partial charge < -0.3 is 10.6 Å². The van der Waals surface area contributed by atoms with Gasteiger partial charge in [-0.25, -0.2) is 4.79 Å². The second-order valence-electron chi connectivity index (χ2n) is 6.79. The largest absolute Gasteiger partial charge is 0.338 e. The molecule has 0 unspecified atom stereocenters. The summed E-state index contributed by atoms with van der Waals surface area (Å²) in [6.45, 7) is 3.62. The number of carbonyl (C=O) groups excluding carboxylic acids is 1. The Kier molecular flexibility index (Phi) is 4.99. The number of nitro groups is 1. The maximum atomic E-state index is 12.0. The second-order valence-corrected chi connectivity index (χ2v) is 6.79. The average molecular weight is 332 g/mol. The number of nitrogens with zero attached hydrogens (tertiary/aromatic N) is 2. The summed E-state index contributed by atoms with van der Waals surface area (Å²) in [6.07, 6.45) is 4.14. The number of hydrogen-bond acceptors (Lipinski definition) is 4. The minimum Gasteiger partial charge on any atom is -0.338 e. The smallest absolute Gasteiger partial charge is 0.315 e. The van der Waals surface area contributed by atoms with Crippen molar-refractivity contribution in [1.29, 1.82) is 0 Å². The minimum absolute atomic E-state index is 0.0806. The monoisotopic (exact) mass is 332 g/mol. The summed E-state index contributed by atoms with van der Waals surface area (Å²) in [4.78, 5) is 24.9. The molecule has 0 radical (unpaired) electrons. The van der Waals surface area contributed by atoms with Crippen molar-refractivity contribution in [2.45, 2.75) is 50.7 Å². The quantitative estimate of drug-likeness (QED) is 0.616. The van der Waals surface area contributed by atoms with Crippen LogP contribution < -0.4 is 10.6 Å². The molecule has 1 aromatic carbocycles. The van der Waals surface area contributed by atoms with Crippen molar-refractivity contribution in [2.24, 2.45) is 0 Å². The van der Waals surface area contributed by atoms with E-state index in [2.05, 4.69) is 22.5 Å². The SMILES string of the molecule is C[C@H]1C[C@H](NC(=O)NCCc2cccc([N+](=O)[O-])c2)CN1C1CC1. The van der Waals surface area contributed by atoms with Gasteiger partial charge in [0.15, 0.2) is 0 Å². The molecule has 1 saturated carbocycles. The normalized spacial score (nSPS) is 23.9. The molecule has 7 nitrogen and oxygen atoms in total. The maximum absolute atomic E-state index is 12.0. The maximum Gasteiger partial charge on any atom is 0.315 e. The third-order valence-corrected chi connectivity index (χ3v) is 4.79. The highest BCUT2D eigenvalue weighted by molar-refractivity contribution is 5.74. The van der Waals surface area contributed by atoms with Crippen LogP contribution in [-0.2, 0) is 6.42 Å². The Labute approximate surface area is 141 Å². The van der Waals surface area contributed by atoms with Crippen LogP contribution in [0.15, 0.2) is 24.3 Å². The Morgan fingerprint density at radius 2 is 2.21 bits per heavy atom. The van der Waals surface area contributed by atoms with Crippen LogP contribution in [0, 0.1) is 10.1 Å². The van der Waals surface area contributed by atoms with E-state index in [4.69, 9.17) is 0 Å². The van der Waals surface area contributed by atoms with Crippen LogP contribution >= 0.6 is 0 Å². The molecule has 0 spiro atoms. The van der Waals surface area contributed by atoms with Crippen molar-refractivity contribution in [1.82, 2.24) is 15.5 Å². The fraction of sp³-hybridized carbons (Fsp3) is 0.588. The van der Waals surface area contributed by atoms with Gasteiger partial charge in [0.2, 0.25) is 0 Å². The van der Waals surface area contributed by atoms with Gasteiger partial charge in [-0.1, -0.05) is 12.1 Å². The van der Waals surface area contributed by atoms with E-state index < -0.39 is 4.92 Å². The summed E-state index contributed by atoms with van der Waals surface area (Å²) in [5.41, 5.74) is 0.927. The zero-order chi connectivity index (χ0) is 17.1. The molecule has 2 N–H and O–H groups in total. The van der Waals surface area contributed by atoms with Crippen LogP contribution in [0.1, 0.15) is 31.7 Å². The van der Waals surface area contributed by atoms with E-state index >= 15 is 0 Å². The molecule has 24 heavy (non-hydrogen) atoms. The van der Waals surface area contributed by atoms with Gasteiger partial charge in [-0.05, 0) is 38.2 Å². The van der Waals surface area contributed by atoms with Crippen molar-refractivity contribution in [3.8, 4) is 0 Å². The number of rotatable bonds is 6. The number of nitro benzene ring substituents is 1. The van der Waals surface area contributed by atoms with Gasteiger partial charge in [0.25, 0.3) is 5.69 Å². The van der Waals surface area contributed by atoms with Crippen molar-refractivity contribution < 1.29 is 9.72 Å². The van der Waals surface area contributed by atoms with E-state index in [1.54, 1.807) is 12.1 Å². The van der Waals surface area contributed by atoms with E-state index in [-0.39, 0.29) is 17.8 Å². The molecule has 2 amide bonds. The van der Waals surface area contributed by atoms with Crippen LogP contribution in [0.2, 0.25) is 0 Å². The Morgan fingerprint density at radius 3 is 2.92 bits per heavy atom. The summed E-state index contributed by atoms with van der Waals surface area (Å²) in [6, 6.07) is 7.83. The van der Waals surface area contributed by atoms with Crippen LogP contribution in [0.4, 0.5) is 10.5 Å². The van der Waals surface area contributed by atoms with Crippen LogP contribution in [-0.4, -0.2) is 47.1 Å². The Balaban J connectivity index is 1.40. The number of amides is 2. The fourth-order valence-corrected chi connectivity index (χ4v) is 3.46. The minimum atomic E-state index is -0.406. The molecule has 3 rings (SSSR count). The summed E-state index contributed by atoms with van der Waals surface area (Å²) in [5.74, 6) is 0. The summed E-state index contributed by atoms with van der Waals surface area (Å²) in [7, 11) is 0. The van der Waals surface area contributed by atoms with Crippen LogP contribution in [0.25, 0.3) is 0 Å². The number of benzene rings is 1. The zero-order valence-corrected chi connectivity index (χ0v) is 13.9. The van der Waals surface area contributed by atoms with Crippen molar-refractivity contribution >= 4 is 11.7 Å². The van der Waals surface area contributed by atoms with Gasteiger partial charge in [0.1, 0.15) is 0 Å². The first kappa shape index (κ1) is 16.7. The Bertz CT molecular complexity index is 618. The number of hydrogen-bond donors (Lipinski definition) is 2. The molecule has 1 aliphatic heterocycles. The second kappa shape index (κ2) is 7.17. The topological polar surface area (TPSA) is 87.5 Å². The van der Waals surface area contributed by atoms with E-state index in [0.717, 1.165) is 24.6 Å². The lowest BCUT2D eigenvalue weighted by molar-refractivity contribution is -0.384. The molecule has 1 aliphatic carbocycles. The summed E-state index contributed by atoms with van der Waals surface area (Å²) < 4.78 is 0. The number of non-ortho nitro benzene ring substituents is 1. The van der Waals surface area contributed by atoms with Gasteiger partial charge in [-0.2, -0.15) is 0 Å².